The molecule has 1 amide bonds. The average Bonchev–Trinajstić information content (AvgIpc) is 2.73. The third-order valence-corrected chi connectivity index (χ3v) is 6.03. The molecule has 1 aromatic carbocycles. The molecule has 2 atom stereocenters. The Balaban J connectivity index is 1.86. The molecule has 1 fully saturated rings. The van der Waals surface area contributed by atoms with E-state index in [4.69, 9.17) is 0 Å². The summed E-state index contributed by atoms with van der Waals surface area (Å²) in [6, 6.07) is 9.81. The van der Waals surface area contributed by atoms with Crippen molar-refractivity contribution in [3.63, 3.8) is 0 Å². The summed E-state index contributed by atoms with van der Waals surface area (Å²) in [6.45, 7) is 4.46. The summed E-state index contributed by atoms with van der Waals surface area (Å²) in [5.74, 6) is -0.0659. The summed E-state index contributed by atoms with van der Waals surface area (Å²) in [5.41, 5.74) is -0.235. The van der Waals surface area contributed by atoms with Crippen molar-refractivity contribution in [3.8, 4) is 11.3 Å². The minimum atomic E-state index is -4.59. The SMILES string of the molecule is CC[C@H]1CCCCN1C(=O)[C@H](C)Sc1nc(-c2ccccc2)cc(C(F)(F)F)n1. The Morgan fingerprint density at radius 3 is 2.62 bits per heavy atom. The summed E-state index contributed by atoms with van der Waals surface area (Å²) in [5, 5.41) is -0.598. The first-order chi connectivity index (χ1) is 13.8. The van der Waals surface area contributed by atoms with Gasteiger partial charge < -0.3 is 4.90 Å². The van der Waals surface area contributed by atoms with Crippen molar-refractivity contribution in [1.29, 1.82) is 0 Å². The van der Waals surface area contributed by atoms with Gasteiger partial charge in [0.1, 0.15) is 5.69 Å². The molecule has 0 unspecified atom stereocenters. The fraction of sp³-hybridized carbons (Fsp3) is 0.476. The number of hydrogen-bond donors (Lipinski definition) is 0. The van der Waals surface area contributed by atoms with Gasteiger partial charge in [-0.05, 0) is 38.7 Å². The van der Waals surface area contributed by atoms with Gasteiger partial charge in [-0.15, -0.1) is 0 Å². The second-order valence-electron chi connectivity index (χ2n) is 7.13. The molecule has 0 saturated carbocycles. The molecule has 0 N–H and O–H groups in total. The predicted molar refractivity (Wildman–Crippen MR) is 107 cm³/mol. The number of nitrogens with zero attached hydrogens (tertiary/aromatic N) is 3. The van der Waals surface area contributed by atoms with Crippen LogP contribution in [-0.2, 0) is 11.0 Å². The Morgan fingerprint density at radius 2 is 1.97 bits per heavy atom. The molecule has 1 aliphatic heterocycles. The van der Waals surface area contributed by atoms with E-state index in [0.717, 1.165) is 43.5 Å². The number of halogens is 3. The zero-order valence-corrected chi connectivity index (χ0v) is 17.3. The van der Waals surface area contributed by atoms with Crippen LogP contribution in [0, 0.1) is 0 Å². The molecule has 2 aromatic rings. The lowest BCUT2D eigenvalue weighted by atomic mass is 10.00. The van der Waals surface area contributed by atoms with Gasteiger partial charge in [-0.2, -0.15) is 13.2 Å². The Hall–Kier alpha value is -2.09. The van der Waals surface area contributed by atoms with Gasteiger partial charge >= 0.3 is 6.18 Å². The minimum Gasteiger partial charge on any atom is -0.339 e. The van der Waals surface area contributed by atoms with Crippen LogP contribution in [0.3, 0.4) is 0 Å². The van der Waals surface area contributed by atoms with E-state index >= 15 is 0 Å². The van der Waals surface area contributed by atoms with Crippen LogP contribution < -0.4 is 0 Å². The van der Waals surface area contributed by atoms with Crippen molar-refractivity contribution < 1.29 is 18.0 Å². The molecule has 4 nitrogen and oxygen atoms in total. The summed E-state index contributed by atoms with van der Waals surface area (Å²) < 4.78 is 40.1. The second kappa shape index (κ2) is 9.15. The molecule has 0 bridgehead atoms. The van der Waals surface area contributed by atoms with Crippen molar-refractivity contribution in [1.82, 2.24) is 14.9 Å². The van der Waals surface area contributed by atoms with Crippen LogP contribution in [0.5, 0.6) is 0 Å². The van der Waals surface area contributed by atoms with Gasteiger partial charge in [-0.1, -0.05) is 49.0 Å². The Bertz CT molecular complexity index is 845. The number of likely N-dealkylation sites (tertiary alicyclic amines) is 1. The maximum Gasteiger partial charge on any atom is 0.433 e. The summed E-state index contributed by atoms with van der Waals surface area (Å²) in [7, 11) is 0. The van der Waals surface area contributed by atoms with Crippen LogP contribution in [0.15, 0.2) is 41.6 Å². The fourth-order valence-electron chi connectivity index (χ4n) is 3.54. The average molecular weight is 424 g/mol. The van der Waals surface area contributed by atoms with Crippen molar-refractivity contribution in [2.45, 2.75) is 62.2 Å². The molecule has 1 aliphatic rings. The number of aromatic nitrogens is 2. The number of piperidine rings is 1. The monoisotopic (exact) mass is 423 g/mol. The largest absolute Gasteiger partial charge is 0.433 e. The number of amides is 1. The van der Waals surface area contributed by atoms with E-state index in [1.54, 1.807) is 37.3 Å². The van der Waals surface area contributed by atoms with Crippen molar-refractivity contribution in [2.24, 2.45) is 0 Å². The number of carbonyl (C=O) groups excluding carboxylic acids is 1. The van der Waals surface area contributed by atoms with E-state index in [2.05, 4.69) is 16.9 Å². The lowest BCUT2D eigenvalue weighted by Gasteiger charge is -2.36. The van der Waals surface area contributed by atoms with E-state index in [0.29, 0.717) is 12.1 Å². The van der Waals surface area contributed by atoms with Gasteiger partial charge in [0, 0.05) is 18.2 Å². The Kier molecular flexibility index (Phi) is 6.82. The Labute approximate surface area is 172 Å². The number of thioether (sulfide) groups is 1. The molecular weight excluding hydrogens is 399 g/mol. The van der Waals surface area contributed by atoms with Crippen LogP contribution in [0.2, 0.25) is 0 Å². The molecule has 3 rings (SSSR count). The first kappa shape index (κ1) is 21.6. The van der Waals surface area contributed by atoms with E-state index in [1.807, 2.05) is 4.90 Å². The van der Waals surface area contributed by atoms with E-state index in [-0.39, 0.29) is 22.8 Å². The highest BCUT2D eigenvalue weighted by molar-refractivity contribution is 8.00. The van der Waals surface area contributed by atoms with Crippen molar-refractivity contribution in [3.05, 3.63) is 42.1 Å². The third kappa shape index (κ3) is 5.29. The minimum absolute atomic E-state index is 0.0374. The first-order valence-electron chi connectivity index (χ1n) is 9.78. The normalized spacial score (nSPS) is 18.5. The summed E-state index contributed by atoms with van der Waals surface area (Å²) in [4.78, 5) is 22.8. The number of carbonyl (C=O) groups is 1. The molecule has 8 heteroatoms. The van der Waals surface area contributed by atoms with Crippen molar-refractivity contribution in [2.75, 3.05) is 6.54 Å². The molecule has 1 saturated heterocycles. The van der Waals surface area contributed by atoms with Crippen LogP contribution in [0.25, 0.3) is 11.3 Å². The molecule has 0 radical (unpaired) electrons. The maximum absolute atomic E-state index is 13.4. The lowest BCUT2D eigenvalue weighted by Crippen LogP contribution is -2.46. The van der Waals surface area contributed by atoms with Crippen LogP contribution >= 0.6 is 11.8 Å². The van der Waals surface area contributed by atoms with Gasteiger partial charge in [-0.25, -0.2) is 9.97 Å². The van der Waals surface area contributed by atoms with Crippen LogP contribution in [-0.4, -0.2) is 38.6 Å². The third-order valence-electron chi connectivity index (χ3n) is 5.08. The number of alkyl halides is 3. The first-order valence-corrected chi connectivity index (χ1v) is 10.7. The second-order valence-corrected chi connectivity index (χ2v) is 8.44. The smallest absolute Gasteiger partial charge is 0.339 e. The zero-order chi connectivity index (χ0) is 21.0. The zero-order valence-electron chi connectivity index (χ0n) is 16.4. The number of rotatable bonds is 5. The maximum atomic E-state index is 13.4. The van der Waals surface area contributed by atoms with Gasteiger partial charge in [0.2, 0.25) is 5.91 Å². The topological polar surface area (TPSA) is 46.1 Å². The molecule has 0 spiro atoms. The van der Waals surface area contributed by atoms with E-state index < -0.39 is 17.1 Å². The quantitative estimate of drug-likeness (QED) is 0.475. The van der Waals surface area contributed by atoms with Crippen LogP contribution in [0.1, 0.15) is 45.2 Å². The highest BCUT2D eigenvalue weighted by Crippen LogP contribution is 2.33. The molecule has 1 aromatic heterocycles. The van der Waals surface area contributed by atoms with E-state index in [9.17, 15) is 18.0 Å². The Morgan fingerprint density at radius 1 is 1.24 bits per heavy atom. The molecular formula is C21H24F3N3OS. The van der Waals surface area contributed by atoms with Gasteiger partial charge in [0.25, 0.3) is 0 Å². The summed E-state index contributed by atoms with van der Waals surface area (Å²) in [6.07, 6.45) is -0.687. The standard InChI is InChI=1S/C21H24F3N3OS/c1-3-16-11-7-8-12-27(16)19(28)14(2)29-20-25-17(15-9-5-4-6-10-15)13-18(26-20)21(22,23)24/h4-6,9-10,13-14,16H,3,7-8,11-12H2,1-2H3/t14-,16-/m0/s1. The highest BCUT2D eigenvalue weighted by atomic mass is 32.2. The van der Waals surface area contributed by atoms with Gasteiger partial charge in [0.05, 0.1) is 10.9 Å². The van der Waals surface area contributed by atoms with Crippen LogP contribution in [0.4, 0.5) is 13.2 Å². The predicted octanol–water partition coefficient (Wildman–Crippen LogP) is 5.43. The van der Waals surface area contributed by atoms with Gasteiger partial charge in [-0.3, -0.25) is 4.79 Å². The number of hydrogen-bond acceptors (Lipinski definition) is 4. The molecule has 29 heavy (non-hydrogen) atoms. The molecule has 2 heterocycles. The molecule has 0 aliphatic carbocycles. The molecule has 156 valence electrons. The van der Waals surface area contributed by atoms with E-state index in [1.165, 1.54) is 0 Å². The number of benzene rings is 1. The van der Waals surface area contributed by atoms with Gasteiger partial charge in [0.15, 0.2) is 5.16 Å². The lowest BCUT2D eigenvalue weighted by molar-refractivity contribution is -0.141. The fourth-order valence-corrected chi connectivity index (χ4v) is 4.39. The summed E-state index contributed by atoms with van der Waals surface area (Å²) >= 11 is 0.984. The van der Waals surface area contributed by atoms with Crippen molar-refractivity contribution >= 4 is 17.7 Å². The highest BCUT2D eigenvalue weighted by Gasteiger charge is 2.35.